The molecule has 6 heteroatoms. The molecule has 0 bridgehead atoms. The number of thiazole rings is 1. The Hall–Kier alpha value is -1.40. The molecule has 0 spiro atoms. The average molecular weight is 334 g/mol. The van der Waals surface area contributed by atoms with Gasteiger partial charge in [0.05, 0.1) is 0 Å². The van der Waals surface area contributed by atoms with Crippen LogP contribution in [0.15, 0.2) is 18.5 Å². The summed E-state index contributed by atoms with van der Waals surface area (Å²) in [4.78, 5) is 10.9. The first kappa shape index (κ1) is 16.5. The van der Waals surface area contributed by atoms with Gasteiger partial charge in [-0.15, -0.1) is 11.3 Å². The third-order valence-electron chi connectivity index (χ3n) is 4.82. The molecule has 2 aromatic rings. The van der Waals surface area contributed by atoms with Gasteiger partial charge in [0.2, 0.25) is 0 Å². The maximum Gasteiger partial charge on any atom is 0.185 e. The molecular weight excluding hydrogens is 306 g/mol. The zero-order valence-electron chi connectivity index (χ0n) is 14.4. The summed E-state index contributed by atoms with van der Waals surface area (Å²) >= 11 is 1.84. The zero-order valence-corrected chi connectivity index (χ0v) is 15.2. The van der Waals surface area contributed by atoms with Crippen LogP contribution in [0.2, 0.25) is 0 Å². The second-order valence-corrected chi connectivity index (χ2v) is 7.31. The number of piperidine rings is 1. The van der Waals surface area contributed by atoms with Crippen molar-refractivity contribution in [3.8, 4) is 0 Å². The number of hydrogen-bond acceptors (Lipinski definition) is 5. The van der Waals surface area contributed by atoms with Crippen LogP contribution in [-0.4, -0.2) is 45.8 Å². The van der Waals surface area contributed by atoms with Gasteiger partial charge < -0.3 is 4.90 Å². The van der Waals surface area contributed by atoms with Crippen molar-refractivity contribution in [2.75, 3.05) is 31.1 Å². The molecule has 3 heterocycles. The van der Waals surface area contributed by atoms with E-state index in [-0.39, 0.29) is 0 Å². The highest BCUT2D eigenvalue weighted by molar-refractivity contribution is 7.15. The fourth-order valence-corrected chi connectivity index (χ4v) is 4.48. The highest BCUT2D eigenvalue weighted by Crippen LogP contribution is 2.29. The van der Waals surface area contributed by atoms with Crippen LogP contribution in [0.25, 0.3) is 0 Å². The Balaban J connectivity index is 1.54. The fraction of sp³-hybridized carbons (Fsp3) is 0.647. The summed E-state index contributed by atoms with van der Waals surface area (Å²) in [5.74, 6) is 0.659. The summed E-state index contributed by atoms with van der Waals surface area (Å²) < 4.78 is 2.03. The maximum atomic E-state index is 4.60. The molecule has 1 aliphatic heterocycles. The Kier molecular flexibility index (Phi) is 5.33. The van der Waals surface area contributed by atoms with Gasteiger partial charge in [-0.25, -0.2) is 4.98 Å². The van der Waals surface area contributed by atoms with E-state index < -0.39 is 0 Å². The second-order valence-electron chi connectivity index (χ2n) is 6.21. The minimum Gasteiger partial charge on any atom is -0.349 e. The molecule has 0 unspecified atom stereocenters. The molecule has 0 atom stereocenters. The van der Waals surface area contributed by atoms with Gasteiger partial charge in [0.25, 0.3) is 0 Å². The van der Waals surface area contributed by atoms with E-state index in [1.165, 1.54) is 23.4 Å². The van der Waals surface area contributed by atoms with E-state index in [0.29, 0.717) is 5.92 Å². The topological polar surface area (TPSA) is 37.2 Å². The van der Waals surface area contributed by atoms with Crippen LogP contribution in [0.5, 0.6) is 0 Å². The lowest BCUT2D eigenvalue weighted by Crippen LogP contribution is -2.32. The lowest BCUT2D eigenvalue weighted by molar-refractivity contribution is 0.203. The van der Waals surface area contributed by atoms with E-state index in [9.17, 15) is 0 Å². The van der Waals surface area contributed by atoms with Crippen LogP contribution in [0, 0.1) is 0 Å². The van der Waals surface area contributed by atoms with Gasteiger partial charge in [-0.05, 0) is 45.8 Å². The van der Waals surface area contributed by atoms with Crippen molar-refractivity contribution in [1.29, 1.82) is 0 Å². The smallest absolute Gasteiger partial charge is 0.185 e. The fourth-order valence-electron chi connectivity index (χ4n) is 3.40. The molecule has 23 heavy (non-hydrogen) atoms. The van der Waals surface area contributed by atoms with Gasteiger partial charge in [-0.2, -0.15) is 5.10 Å². The molecule has 1 fully saturated rings. The van der Waals surface area contributed by atoms with Gasteiger partial charge in [0.1, 0.15) is 0 Å². The summed E-state index contributed by atoms with van der Waals surface area (Å²) in [5.41, 5.74) is 1.38. The van der Waals surface area contributed by atoms with Crippen molar-refractivity contribution in [1.82, 2.24) is 19.7 Å². The minimum atomic E-state index is 0.659. The minimum absolute atomic E-state index is 0.659. The van der Waals surface area contributed by atoms with Gasteiger partial charge in [-0.1, -0.05) is 0 Å². The lowest BCUT2D eigenvalue weighted by atomic mass is 9.93. The number of likely N-dealkylation sites (tertiary alicyclic amines) is 1. The largest absolute Gasteiger partial charge is 0.349 e. The first-order valence-electron chi connectivity index (χ1n) is 8.61. The SMILES string of the molecule is CCN(CC)c1ncc(CN2CCC(c3ccnn3C)CC2)s1. The molecule has 1 aliphatic rings. The molecule has 0 aliphatic carbocycles. The normalized spacial score (nSPS) is 16.8. The number of hydrogen-bond donors (Lipinski definition) is 0. The monoisotopic (exact) mass is 333 g/mol. The van der Waals surface area contributed by atoms with Crippen molar-refractivity contribution in [2.45, 2.75) is 39.2 Å². The Labute approximate surface area is 142 Å². The zero-order chi connectivity index (χ0) is 16.2. The van der Waals surface area contributed by atoms with Crippen molar-refractivity contribution >= 4 is 16.5 Å². The van der Waals surface area contributed by atoms with Crippen LogP contribution >= 0.6 is 11.3 Å². The number of aryl methyl sites for hydroxylation is 1. The highest BCUT2D eigenvalue weighted by atomic mass is 32.1. The quantitative estimate of drug-likeness (QED) is 0.814. The summed E-state index contributed by atoms with van der Waals surface area (Å²) in [7, 11) is 2.05. The summed E-state index contributed by atoms with van der Waals surface area (Å²) in [6.45, 7) is 9.79. The third-order valence-corrected chi connectivity index (χ3v) is 5.86. The Morgan fingerprint density at radius 1 is 1.26 bits per heavy atom. The van der Waals surface area contributed by atoms with Gasteiger partial charge in [-0.3, -0.25) is 9.58 Å². The molecule has 0 radical (unpaired) electrons. The number of anilines is 1. The van der Waals surface area contributed by atoms with Crippen molar-refractivity contribution in [3.63, 3.8) is 0 Å². The number of aromatic nitrogens is 3. The summed E-state index contributed by atoms with van der Waals surface area (Å²) in [6, 6.07) is 2.17. The van der Waals surface area contributed by atoms with Crippen LogP contribution < -0.4 is 4.90 Å². The van der Waals surface area contributed by atoms with Crippen LogP contribution in [0.4, 0.5) is 5.13 Å². The Bertz CT molecular complexity index is 608. The lowest BCUT2D eigenvalue weighted by Gasteiger charge is -2.31. The van der Waals surface area contributed by atoms with E-state index in [4.69, 9.17) is 0 Å². The molecule has 1 saturated heterocycles. The predicted octanol–water partition coefficient (Wildman–Crippen LogP) is 3.10. The predicted molar refractivity (Wildman–Crippen MR) is 96.1 cm³/mol. The average Bonchev–Trinajstić information content (AvgIpc) is 3.19. The number of nitrogens with zero attached hydrogens (tertiary/aromatic N) is 5. The Morgan fingerprint density at radius 2 is 2.00 bits per heavy atom. The molecule has 5 nitrogen and oxygen atoms in total. The molecule has 0 saturated carbocycles. The molecule has 0 amide bonds. The Morgan fingerprint density at radius 3 is 2.61 bits per heavy atom. The first-order chi connectivity index (χ1) is 11.2. The van der Waals surface area contributed by atoms with Crippen LogP contribution in [0.1, 0.15) is 43.2 Å². The first-order valence-corrected chi connectivity index (χ1v) is 9.42. The maximum absolute atomic E-state index is 4.60. The highest BCUT2D eigenvalue weighted by Gasteiger charge is 2.23. The van der Waals surface area contributed by atoms with E-state index in [1.807, 2.05) is 29.3 Å². The molecular formula is C17H27N5S. The molecule has 3 rings (SSSR count). The van der Waals surface area contributed by atoms with Gasteiger partial charge >= 0.3 is 0 Å². The van der Waals surface area contributed by atoms with Crippen LogP contribution in [0.3, 0.4) is 0 Å². The number of rotatable bonds is 6. The third kappa shape index (κ3) is 3.75. The van der Waals surface area contributed by atoms with Crippen molar-refractivity contribution in [2.24, 2.45) is 7.05 Å². The van der Waals surface area contributed by atoms with Crippen LogP contribution in [-0.2, 0) is 13.6 Å². The molecule has 0 aromatic carbocycles. The van der Waals surface area contributed by atoms with Crippen molar-refractivity contribution < 1.29 is 0 Å². The van der Waals surface area contributed by atoms with Gasteiger partial charge in [0, 0.05) is 55.6 Å². The molecule has 2 aromatic heterocycles. The molecule has 0 N–H and O–H groups in total. The summed E-state index contributed by atoms with van der Waals surface area (Å²) in [6.07, 6.45) is 6.42. The summed E-state index contributed by atoms with van der Waals surface area (Å²) in [5, 5.41) is 5.47. The van der Waals surface area contributed by atoms with E-state index in [1.54, 1.807) is 0 Å². The van der Waals surface area contributed by atoms with Gasteiger partial charge in [0.15, 0.2) is 5.13 Å². The van der Waals surface area contributed by atoms with E-state index in [2.05, 4.69) is 46.0 Å². The van der Waals surface area contributed by atoms with E-state index >= 15 is 0 Å². The van der Waals surface area contributed by atoms with Crippen molar-refractivity contribution in [3.05, 3.63) is 29.0 Å². The van der Waals surface area contributed by atoms with E-state index in [0.717, 1.165) is 37.9 Å². The standard InChI is InChI=1S/C17H27N5S/c1-4-22(5-2)17-18-12-15(23-17)13-21-10-7-14(8-11-21)16-6-9-19-20(16)3/h6,9,12,14H,4-5,7-8,10-11,13H2,1-3H3. The molecule has 126 valence electrons. The second kappa shape index (κ2) is 7.45.